The summed E-state index contributed by atoms with van der Waals surface area (Å²) < 4.78 is 0. The Kier molecular flexibility index (Phi) is 5.30. The van der Waals surface area contributed by atoms with Gasteiger partial charge in [0.05, 0.1) is 10.5 Å². The number of phenolic OH excluding ortho intramolecular Hbond substituents is 1. The predicted octanol–water partition coefficient (Wildman–Crippen LogP) is 4.14. The number of amides is 1. The second-order valence-corrected chi connectivity index (χ2v) is 7.57. The van der Waals surface area contributed by atoms with Crippen LogP contribution in [-0.2, 0) is 4.79 Å². The number of piperazine rings is 1. The van der Waals surface area contributed by atoms with Crippen LogP contribution >= 0.6 is 23.2 Å². The van der Waals surface area contributed by atoms with Crippen LogP contribution in [0.4, 0.5) is 5.82 Å². The van der Waals surface area contributed by atoms with Gasteiger partial charge in [-0.1, -0.05) is 29.8 Å². The van der Waals surface area contributed by atoms with E-state index in [4.69, 9.17) is 23.2 Å². The van der Waals surface area contributed by atoms with Gasteiger partial charge in [0.1, 0.15) is 17.9 Å². The smallest absolute Gasteiger partial charge is 0.246 e. The summed E-state index contributed by atoms with van der Waals surface area (Å²) in [5.74, 6) is 0.755. The molecule has 6 nitrogen and oxygen atoms in total. The van der Waals surface area contributed by atoms with Gasteiger partial charge in [0.2, 0.25) is 5.91 Å². The second kappa shape index (κ2) is 7.89. The van der Waals surface area contributed by atoms with Gasteiger partial charge in [-0.05, 0) is 36.4 Å². The average molecular weight is 429 g/mol. The van der Waals surface area contributed by atoms with Gasteiger partial charge >= 0.3 is 0 Å². The molecule has 2 aromatic carbocycles. The maximum Gasteiger partial charge on any atom is 0.246 e. The number of hydrogen-bond acceptors (Lipinski definition) is 5. The van der Waals surface area contributed by atoms with Crippen molar-refractivity contribution in [2.75, 3.05) is 31.1 Å². The number of fused-ring (bicyclic) bond motifs is 1. The summed E-state index contributed by atoms with van der Waals surface area (Å²) in [6.45, 7) is 6.03. The Balaban J connectivity index is 1.75. The van der Waals surface area contributed by atoms with E-state index < -0.39 is 0 Å². The third-order valence-electron chi connectivity index (χ3n) is 5.02. The van der Waals surface area contributed by atoms with E-state index in [9.17, 15) is 9.90 Å². The van der Waals surface area contributed by atoms with E-state index in [-0.39, 0.29) is 11.7 Å². The lowest BCUT2D eigenvalue weighted by Crippen LogP contribution is -2.48. The Bertz CT molecular complexity index is 1110. The van der Waals surface area contributed by atoms with E-state index in [0.717, 1.165) is 11.2 Å². The van der Waals surface area contributed by atoms with Crippen LogP contribution in [0.15, 0.2) is 49.3 Å². The molecule has 2 heterocycles. The van der Waals surface area contributed by atoms with E-state index >= 15 is 0 Å². The number of aromatic hydroxyl groups is 1. The van der Waals surface area contributed by atoms with Gasteiger partial charge in [-0.2, -0.15) is 0 Å². The molecule has 1 saturated heterocycles. The van der Waals surface area contributed by atoms with E-state index in [1.54, 1.807) is 23.1 Å². The van der Waals surface area contributed by atoms with Crippen LogP contribution in [0, 0.1) is 0 Å². The number of anilines is 1. The first-order valence-electron chi connectivity index (χ1n) is 9.07. The Labute approximate surface area is 178 Å². The number of hydrogen-bond donors (Lipinski definition) is 1. The van der Waals surface area contributed by atoms with Gasteiger partial charge in [0.25, 0.3) is 0 Å². The molecule has 1 aliphatic heterocycles. The van der Waals surface area contributed by atoms with E-state index in [0.29, 0.717) is 52.9 Å². The standard InChI is InChI=1S/C21H18Cl2N4O2/c1-2-20(29)26-5-7-27(8-6-26)21-16-10-15(14-4-3-13(22)9-19(14)28)17(23)11-18(16)24-12-25-21/h2-4,9-12,28H,1,5-8H2. The summed E-state index contributed by atoms with van der Waals surface area (Å²) in [6, 6.07) is 8.57. The maximum atomic E-state index is 11.8. The number of carbonyl (C=O) groups is 1. The van der Waals surface area contributed by atoms with Crippen molar-refractivity contribution in [1.82, 2.24) is 14.9 Å². The molecule has 0 radical (unpaired) electrons. The Hall–Kier alpha value is -2.83. The van der Waals surface area contributed by atoms with Crippen LogP contribution in [0.25, 0.3) is 22.0 Å². The molecule has 1 aliphatic rings. The topological polar surface area (TPSA) is 69.6 Å². The molecular formula is C21H18Cl2N4O2. The van der Waals surface area contributed by atoms with Crippen molar-refractivity contribution in [3.8, 4) is 16.9 Å². The highest BCUT2D eigenvalue weighted by Gasteiger charge is 2.22. The van der Waals surface area contributed by atoms with Gasteiger partial charge in [-0.15, -0.1) is 0 Å². The van der Waals surface area contributed by atoms with Crippen molar-refractivity contribution < 1.29 is 9.90 Å². The predicted molar refractivity (Wildman–Crippen MR) is 116 cm³/mol. The summed E-state index contributed by atoms with van der Waals surface area (Å²) in [4.78, 5) is 24.5. The molecule has 29 heavy (non-hydrogen) atoms. The molecule has 0 atom stereocenters. The van der Waals surface area contributed by atoms with Gasteiger partial charge in [-0.3, -0.25) is 4.79 Å². The fourth-order valence-electron chi connectivity index (χ4n) is 3.52. The summed E-state index contributed by atoms with van der Waals surface area (Å²) in [5.41, 5.74) is 1.96. The average Bonchev–Trinajstić information content (AvgIpc) is 2.73. The molecule has 1 aromatic heterocycles. The van der Waals surface area contributed by atoms with Gasteiger partial charge in [0.15, 0.2) is 0 Å². The second-order valence-electron chi connectivity index (χ2n) is 6.72. The van der Waals surface area contributed by atoms with Crippen LogP contribution in [0.2, 0.25) is 10.0 Å². The molecule has 0 saturated carbocycles. The lowest BCUT2D eigenvalue weighted by molar-refractivity contribution is -0.126. The number of nitrogens with zero attached hydrogens (tertiary/aromatic N) is 4. The maximum absolute atomic E-state index is 11.8. The molecule has 148 valence electrons. The minimum Gasteiger partial charge on any atom is -0.507 e. The lowest BCUT2D eigenvalue weighted by atomic mass is 10.0. The molecule has 0 spiro atoms. The quantitative estimate of drug-likeness (QED) is 0.634. The fourth-order valence-corrected chi connectivity index (χ4v) is 3.95. The minimum atomic E-state index is -0.0653. The first kappa shape index (κ1) is 19.5. The van der Waals surface area contributed by atoms with E-state index in [1.165, 1.54) is 18.5 Å². The summed E-state index contributed by atoms with van der Waals surface area (Å²) in [5, 5.41) is 12.1. The molecule has 1 N–H and O–H groups in total. The zero-order chi connectivity index (χ0) is 20.5. The molecule has 1 fully saturated rings. The van der Waals surface area contributed by atoms with Gasteiger partial charge in [-0.25, -0.2) is 9.97 Å². The number of benzene rings is 2. The number of aromatic nitrogens is 2. The monoisotopic (exact) mass is 428 g/mol. The highest BCUT2D eigenvalue weighted by molar-refractivity contribution is 6.34. The molecule has 1 amide bonds. The van der Waals surface area contributed by atoms with Crippen LogP contribution in [-0.4, -0.2) is 52.1 Å². The van der Waals surface area contributed by atoms with Crippen molar-refractivity contribution in [1.29, 1.82) is 0 Å². The molecule has 4 rings (SSSR count). The molecule has 0 bridgehead atoms. The molecular weight excluding hydrogens is 411 g/mol. The zero-order valence-corrected chi connectivity index (χ0v) is 17.0. The lowest BCUT2D eigenvalue weighted by Gasteiger charge is -2.35. The number of carbonyl (C=O) groups excluding carboxylic acids is 1. The Morgan fingerprint density at radius 3 is 2.52 bits per heavy atom. The SMILES string of the molecule is C=CC(=O)N1CCN(c2ncnc3cc(Cl)c(-c4ccc(Cl)cc4O)cc23)CC1. The minimum absolute atomic E-state index is 0.0497. The third-order valence-corrected chi connectivity index (χ3v) is 5.57. The zero-order valence-electron chi connectivity index (χ0n) is 15.5. The Morgan fingerprint density at radius 1 is 1.07 bits per heavy atom. The van der Waals surface area contributed by atoms with Crippen molar-refractivity contribution in [3.05, 3.63) is 59.4 Å². The normalized spacial score (nSPS) is 14.3. The van der Waals surface area contributed by atoms with E-state index in [1.807, 2.05) is 6.07 Å². The number of halogens is 2. The third kappa shape index (κ3) is 3.73. The van der Waals surface area contributed by atoms with Crippen molar-refractivity contribution in [2.45, 2.75) is 0 Å². The first-order chi connectivity index (χ1) is 14.0. The number of rotatable bonds is 3. The summed E-state index contributed by atoms with van der Waals surface area (Å²) in [6.07, 6.45) is 2.84. The van der Waals surface area contributed by atoms with Crippen molar-refractivity contribution in [3.63, 3.8) is 0 Å². The van der Waals surface area contributed by atoms with Crippen LogP contribution in [0.1, 0.15) is 0 Å². The molecule has 3 aromatic rings. The molecule has 0 unspecified atom stereocenters. The summed E-state index contributed by atoms with van der Waals surface area (Å²) in [7, 11) is 0. The molecule has 8 heteroatoms. The Morgan fingerprint density at radius 2 is 1.83 bits per heavy atom. The van der Waals surface area contributed by atoms with Crippen molar-refractivity contribution in [2.24, 2.45) is 0 Å². The largest absolute Gasteiger partial charge is 0.507 e. The van der Waals surface area contributed by atoms with Crippen LogP contribution in [0.3, 0.4) is 0 Å². The number of phenols is 1. The van der Waals surface area contributed by atoms with Crippen molar-refractivity contribution >= 4 is 45.8 Å². The fraction of sp³-hybridized carbons (Fsp3) is 0.190. The van der Waals surface area contributed by atoms with Crippen LogP contribution in [0.5, 0.6) is 5.75 Å². The van der Waals surface area contributed by atoms with Gasteiger partial charge < -0.3 is 14.9 Å². The highest BCUT2D eigenvalue weighted by Crippen LogP contribution is 2.39. The summed E-state index contributed by atoms with van der Waals surface area (Å²) >= 11 is 12.4. The highest BCUT2D eigenvalue weighted by atomic mass is 35.5. The first-order valence-corrected chi connectivity index (χ1v) is 9.83. The van der Waals surface area contributed by atoms with Crippen LogP contribution < -0.4 is 4.90 Å². The van der Waals surface area contributed by atoms with E-state index in [2.05, 4.69) is 21.4 Å². The molecule has 0 aliphatic carbocycles. The van der Waals surface area contributed by atoms with Gasteiger partial charge in [0, 0.05) is 47.7 Å².